The number of hydrogen-bond acceptors (Lipinski definition) is 3. The van der Waals surface area contributed by atoms with Crippen molar-refractivity contribution >= 4 is 27.7 Å². The molecule has 0 aliphatic rings. The standard InChI is InChI=1S/C29H24N2O3/c32-28-22-14-7-8-17-25(22)31-27-23(28)15-9-16-24(27)29(33)30-19-18-26(20-10-3-1-4-11-20)34-21-12-5-2-6-13-21/h1-17,26H,18-19H2,(H,30,33)(H,31,32). The summed E-state index contributed by atoms with van der Waals surface area (Å²) < 4.78 is 6.22. The van der Waals surface area contributed by atoms with Crippen molar-refractivity contribution in [1.29, 1.82) is 0 Å². The SMILES string of the molecule is O=C(NCCC(Oc1ccccc1)c1ccccc1)c1cccc2c(=O)c3ccccc3[nH]c12. The van der Waals surface area contributed by atoms with Crippen LogP contribution in [0, 0.1) is 0 Å². The Balaban J connectivity index is 1.36. The molecular formula is C29H24N2O3. The van der Waals surface area contributed by atoms with Gasteiger partial charge in [0.2, 0.25) is 0 Å². The zero-order chi connectivity index (χ0) is 23.3. The van der Waals surface area contributed by atoms with Crippen molar-refractivity contribution in [2.24, 2.45) is 0 Å². The van der Waals surface area contributed by atoms with Gasteiger partial charge in [-0.05, 0) is 42.0 Å². The van der Waals surface area contributed by atoms with Gasteiger partial charge in [0.25, 0.3) is 5.91 Å². The van der Waals surface area contributed by atoms with Gasteiger partial charge in [0.15, 0.2) is 5.43 Å². The molecule has 1 atom stereocenters. The van der Waals surface area contributed by atoms with Gasteiger partial charge in [-0.15, -0.1) is 0 Å². The zero-order valence-electron chi connectivity index (χ0n) is 18.5. The normalized spacial score (nSPS) is 11.9. The number of benzene rings is 4. The lowest BCUT2D eigenvalue weighted by molar-refractivity contribution is 0.0947. The molecule has 0 radical (unpaired) electrons. The number of carbonyl (C=O) groups is 1. The summed E-state index contributed by atoms with van der Waals surface area (Å²) in [5, 5.41) is 4.11. The Kier molecular flexibility index (Phi) is 6.08. The third-order valence-corrected chi connectivity index (χ3v) is 5.87. The predicted molar refractivity (Wildman–Crippen MR) is 135 cm³/mol. The molecule has 5 heteroatoms. The van der Waals surface area contributed by atoms with Gasteiger partial charge in [-0.1, -0.05) is 66.7 Å². The van der Waals surface area contributed by atoms with Crippen LogP contribution in [0.1, 0.15) is 28.4 Å². The van der Waals surface area contributed by atoms with Crippen LogP contribution in [0.5, 0.6) is 5.75 Å². The van der Waals surface area contributed by atoms with Crippen LogP contribution in [0.25, 0.3) is 21.8 Å². The molecule has 5 nitrogen and oxygen atoms in total. The number of fused-ring (bicyclic) bond motifs is 2. The van der Waals surface area contributed by atoms with Gasteiger partial charge < -0.3 is 15.0 Å². The minimum atomic E-state index is -0.233. The van der Waals surface area contributed by atoms with E-state index in [4.69, 9.17) is 4.74 Å². The van der Waals surface area contributed by atoms with Gasteiger partial charge in [-0.2, -0.15) is 0 Å². The van der Waals surface area contributed by atoms with Crippen molar-refractivity contribution in [3.8, 4) is 5.75 Å². The number of pyridine rings is 1. The second-order valence-corrected chi connectivity index (χ2v) is 8.10. The second-order valence-electron chi connectivity index (χ2n) is 8.10. The molecule has 2 N–H and O–H groups in total. The number of aromatic amines is 1. The number of nitrogens with one attached hydrogen (secondary N) is 2. The van der Waals surface area contributed by atoms with Gasteiger partial charge in [-0.25, -0.2) is 0 Å². The monoisotopic (exact) mass is 448 g/mol. The first kappa shape index (κ1) is 21.5. The fraction of sp³-hybridized carbons (Fsp3) is 0.103. The van der Waals surface area contributed by atoms with Crippen LogP contribution in [-0.2, 0) is 0 Å². The minimum Gasteiger partial charge on any atom is -0.486 e. The fourth-order valence-corrected chi connectivity index (χ4v) is 4.17. The number of H-pyrrole nitrogens is 1. The van der Waals surface area contributed by atoms with Crippen molar-refractivity contribution in [3.05, 3.63) is 124 Å². The maximum Gasteiger partial charge on any atom is 0.253 e. The van der Waals surface area contributed by atoms with Crippen molar-refractivity contribution < 1.29 is 9.53 Å². The number of ether oxygens (including phenoxy) is 1. The fourth-order valence-electron chi connectivity index (χ4n) is 4.17. The summed E-state index contributed by atoms with van der Waals surface area (Å²) in [7, 11) is 0. The van der Waals surface area contributed by atoms with Crippen LogP contribution in [0.15, 0.2) is 108 Å². The summed E-state index contributed by atoms with van der Waals surface area (Å²) in [4.78, 5) is 29.3. The highest BCUT2D eigenvalue weighted by atomic mass is 16.5. The first-order valence-electron chi connectivity index (χ1n) is 11.3. The van der Waals surface area contributed by atoms with Gasteiger partial charge >= 0.3 is 0 Å². The Bertz CT molecular complexity index is 1490. The number of amides is 1. The van der Waals surface area contributed by atoms with E-state index < -0.39 is 0 Å². The molecule has 5 aromatic rings. The Morgan fingerprint density at radius 1 is 0.794 bits per heavy atom. The lowest BCUT2D eigenvalue weighted by Gasteiger charge is -2.20. The average molecular weight is 449 g/mol. The van der Waals surface area contributed by atoms with Gasteiger partial charge in [0, 0.05) is 29.3 Å². The molecule has 0 saturated carbocycles. The van der Waals surface area contributed by atoms with Crippen LogP contribution >= 0.6 is 0 Å². The molecule has 34 heavy (non-hydrogen) atoms. The van der Waals surface area contributed by atoms with E-state index in [1.165, 1.54) is 0 Å². The Morgan fingerprint density at radius 3 is 2.26 bits per heavy atom. The quantitative estimate of drug-likeness (QED) is 0.317. The minimum absolute atomic E-state index is 0.0839. The molecule has 0 bridgehead atoms. The summed E-state index contributed by atoms with van der Waals surface area (Å²) in [6.07, 6.45) is 0.384. The van der Waals surface area contributed by atoms with Gasteiger partial charge in [-0.3, -0.25) is 9.59 Å². The van der Waals surface area contributed by atoms with E-state index in [1.54, 1.807) is 24.3 Å². The zero-order valence-corrected chi connectivity index (χ0v) is 18.5. The summed E-state index contributed by atoms with van der Waals surface area (Å²) in [6.45, 7) is 0.416. The highest BCUT2D eigenvalue weighted by Crippen LogP contribution is 2.24. The van der Waals surface area contributed by atoms with E-state index in [-0.39, 0.29) is 17.4 Å². The summed E-state index contributed by atoms with van der Waals surface area (Å²) in [5.41, 5.74) is 2.66. The summed E-state index contributed by atoms with van der Waals surface area (Å²) in [5.74, 6) is 0.546. The summed E-state index contributed by atoms with van der Waals surface area (Å²) in [6, 6.07) is 32.2. The Hall–Kier alpha value is -4.38. The van der Waals surface area contributed by atoms with Gasteiger partial charge in [0.05, 0.1) is 11.1 Å². The average Bonchev–Trinajstić information content (AvgIpc) is 2.89. The highest BCUT2D eigenvalue weighted by molar-refractivity contribution is 6.07. The maximum atomic E-state index is 13.1. The molecule has 0 fully saturated rings. The third-order valence-electron chi connectivity index (χ3n) is 5.87. The number of rotatable bonds is 7. The van der Waals surface area contributed by atoms with Crippen LogP contribution in [0.3, 0.4) is 0 Å². The van der Waals surface area contributed by atoms with E-state index in [2.05, 4.69) is 10.3 Å². The maximum absolute atomic E-state index is 13.1. The van der Waals surface area contributed by atoms with Crippen molar-refractivity contribution in [1.82, 2.24) is 10.3 Å². The van der Waals surface area contributed by atoms with Crippen LogP contribution in [0.4, 0.5) is 0 Å². The van der Waals surface area contributed by atoms with Crippen LogP contribution < -0.4 is 15.5 Å². The van der Waals surface area contributed by atoms with E-state index in [9.17, 15) is 9.59 Å². The molecule has 0 aliphatic heterocycles. The lowest BCUT2D eigenvalue weighted by Crippen LogP contribution is -2.27. The first-order chi connectivity index (χ1) is 16.7. The third kappa shape index (κ3) is 4.41. The molecule has 0 aliphatic carbocycles. The Labute approximate surface area is 197 Å². The first-order valence-corrected chi connectivity index (χ1v) is 11.3. The molecule has 1 aromatic heterocycles. The number of carbonyl (C=O) groups excluding carboxylic acids is 1. The number of para-hydroxylation sites is 3. The number of aromatic nitrogens is 1. The van der Waals surface area contributed by atoms with E-state index in [0.717, 1.165) is 11.3 Å². The van der Waals surface area contributed by atoms with E-state index >= 15 is 0 Å². The molecule has 1 amide bonds. The molecule has 168 valence electrons. The molecule has 1 unspecified atom stereocenters. The Morgan fingerprint density at radius 2 is 1.47 bits per heavy atom. The second kappa shape index (κ2) is 9.63. The molecule has 5 rings (SSSR count). The molecule has 4 aromatic carbocycles. The largest absolute Gasteiger partial charge is 0.486 e. The molecular weight excluding hydrogens is 424 g/mol. The smallest absolute Gasteiger partial charge is 0.253 e. The summed E-state index contributed by atoms with van der Waals surface area (Å²) >= 11 is 0. The number of hydrogen-bond donors (Lipinski definition) is 2. The van der Waals surface area contributed by atoms with Crippen LogP contribution in [0.2, 0.25) is 0 Å². The molecule has 1 heterocycles. The predicted octanol–water partition coefficient (Wildman–Crippen LogP) is 5.62. The van der Waals surface area contributed by atoms with E-state index in [1.807, 2.05) is 78.9 Å². The van der Waals surface area contributed by atoms with Crippen LogP contribution in [-0.4, -0.2) is 17.4 Å². The highest BCUT2D eigenvalue weighted by Gasteiger charge is 2.16. The van der Waals surface area contributed by atoms with Gasteiger partial charge in [0.1, 0.15) is 11.9 Å². The molecule has 0 saturated heterocycles. The van der Waals surface area contributed by atoms with Crippen molar-refractivity contribution in [3.63, 3.8) is 0 Å². The van der Waals surface area contributed by atoms with Crippen molar-refractivity contribution in [2.45, 2.75) is 12.5 Å². The molecule has 0 spiro atoms. The topological polar surface area (TPSA) is 71.2 Å². The van der Waals surface area contributed by atoms with E-state index in [0.29, 0.717) is 40.3 Å². The van der Waals surface area contributed by atoms with Crippen molar-refractivity contribution in [2.75, 3.05) is 6.54 Å². The lowest BCUT2D eigenvalue weighted by atomic mass is 10.0.